The molecule has 4 aromatic carbocycles. The SMILES string of the molecule is CC(C)(C)[Si](C)(C)O[C@@H](CNCc1cccc(OCC/C=C/c2ccc(-c3ccccc3)c(N(C(=O)O)[C@H]3CN4CCC3CC4)c2)c1)c1ccc(O)c2[nH]c(=O)ccc12. The molecule has 2 atom stereocenters. The van der Waals surface area contributed by atoms with Crippen molar-refractivity contribution in [2.24, 2.45) is 5.92 Å². The average molecular weight is 815 g/mol. The molecule has 0 aliphatic carbocycles. The summed E-state index contributed by atoms with van der Waals surface area (Å²) >= 11 is 0. The molecule has 1 aromatic heterocycles. The van der Waals surface area contributed by atoms with Crippen LogP contribution in [-0.4, -0.2) is 73.3 Å². The minimum absolute atomic E-state index is 0.0164. The smallest absolute Gasteiger partial charge is 0.412 e. The Balaban J connectivity index is 0.999. The normalized spacial score (nSPS) is 18.6. The average Bonchev–Trinajstić information content (AvgIpc) is 3.21. The molecule has 0 saturated carbocycles. The van der Waals surface area contributed by atoms with Gasteiger partial charge in [-0.1, -0.05) is 93.6 Å². The number of aromatic amines is 1. The Kier molecular flexibility index (Phi) is 12.8. The van der Waals surface area contributed by atoms with Gasteiger partial charge in [0.05, 0.1) is 30.0 Å². The number of anilines is 1. The fourth-order valence-electron chi connectivity index (χ4n) is 8.21. The van der Waals surface area contributed by atoms with Gasteiger partial charge in [-0.3, -0.25) is 9.69 Å². The van der Waals surface area contributed by atoms with Crippen molar-refractivity contribution in [1.29, 1.82) is 0 Å². The number of ether oxygens (including phenoxy) is 1. The molecule has 4 heterocycles. The van der Waals surface area contributed by atoms with Crippen LogP contribution in [0.25, 0.3) is 28.1 Å². The highest BCUT2D eigenvalue weighted by Gasteiger charge is 2.41. The number of pyridine rings is 1. The van der Waals surface area contributed by atoms with E-state index in [1.807, 2.05) is 66.7 Å². The van der Waals surface area contributed by atoms with Gasteiger partial charge in [0.2, 0.25) is 5.56 Å². The number of H-pyrrole nitrogens is 1. The van der Waals surface area contributed by atoms with Crippen LogP contribution in [-0.2, 0) is 11.0 Å². The summed E-state index contributed by atoms with van der Waals surface area (Å²) in [5.74, 6) is 1.18. The van der Waals surface area contributed by atoms with Gasteiger partial charge in [-0.05, 0) is 109 Å². The molecular formula is C48H58N4O6Si. The van der Waals surface area contributed by atoms with E-state index in [1.54, 1.807) is 17.0 Å². The van der Waals surface area contributed by atoms with Crippen molar-refractivity contribution in [3.05, 3.63) is 130 Å². The molecule has 4 N–H and O–H groups in total. The first-order valence-corrected chi connectivity index (χ1v) is 23.7. The molecule has 3 aliphatic heterocycles. The Bertz CT molecular complexity index is 2330. The van der Waals surface area contributed by atoms with Crippen LogP contribution in [0.2, 0.25) is 18.1 Å². The number of piperidine rings is 3. The standard InChI is InChI=1S/C48H58N4O6Si/c1-48(2,3)59(4,5)58-44(39-19-21-43(53)46-40(39)20-22-45(54)50-46)31-49-30-34-13-11-16-37(28-34)57-27-10-9-12-33-17-18-38(35-14-7-6-8-15-35)41(29-33)52(47(55)56)42-32-51-25-23-36(42)24-26-51/h6-9,11-22,28-29,36,42,44,49,53H,10,23-27,30-32H2,1-5H3,(H,50,54)(H,55,56)/b12-9+/t42-,44-/m0/s1. The van der Waals surface area contributed by atoms with Crippen LogP contribution in [0.15, 0.2) is 108 Å². The van der Waals surface area contributed by atoms with E-state index in [0.29, 0.717) is 37.6 Å². The van der Waals surface area contributed by atoms with E-state index >= 15 is 0 Å². The number of amides is 1. The molecule has 3 aliphatic rings. The monoisotopic (exact) mass is 814 g/mol. The van der Waals surface area contributed by atoms with Crippen LogP contribution in [0.3, 0.4) is 0 Å². The highest BCUT2D eigenvalue weighted by Crippen LogP contribution is 2.42. The van der Waals surface area contributed by atoms with Gasteiger partial charge in [0.25, 0.3) is 0 Å². The predicted octanol–water partition coefficient (Wildman–Crippen LogP) is 9.81. The molecule has 0 spiro atoms. The second-order valence-corrected chi connectivity index (χ2v) is 22.2. The van der Waals surface area contributed by atoms with Gasteiger partial charge < -0.3 is 34.6 Å². The second kappa shape index (κ2) is 18.0. The van der Waals surface area contributed by atoms with E-state index in [4.69, 9.17) is 9.16 Å². The van der Waals surface area contributed by atoms with Crippen molar-refractivity contribution in [1.82, 2.24) is 15.2 Å². The summed E-state index contributed by atoms with van der Waals surface area (Å²) in [6, 6.07) is 30.9. The Morgan fingerprint density at radius 1 is 1.00 bits per heavy atom. The number of aromatic hydroxyl groups is 1. The van der Waals surface area contributed by atoms with Gasteiger partial charge >= 0.3 is 6.09 Å². The first-order chi connectivity index (χ1) is 28.3. The maximum atomic E-state index is 13.0. The number of phenolic OH excluding ortho intramolecular Hbond substituents is 1. The molecule has 59 heavy (non-hydrogen) atoms. The van der Waals surface area contributed by atoms with Gasteiger partial charge in [0.1, 0.15) is 11.5 Å². The molecule has 1 amide bonds. The maximum absolute atomic E-state index is 13.0. The van der Waals surface area contributed by atoms with Crippen molar-refractivity contribution in [3.8, 4) is 22.6 Å². The van der Waals surface area contributed by atoms with Crippen LogP contribution in [0.1, 0.15) is 62.8 Å². The molecule has 0 unspecified atom stereocenters. The lowest BCUT2D eigenvalue weighted by atomic mass is 9.82. The fraction of sp³-hybridized carbons (Fsp3) is 0.375. The van der Waals surface area contributed by atoms with Crippen molar-refractivity contribution in [2.75, 3.05) is 37.7 Å². The van der Waals surface area contributed by atoms with Crippen molar-refractivity contribution >= 4 is 37.1 Å². The third kappa shape index (κ3) is 9.82. The molecule has 3 saturated heterocycles. The minimum Gasteiger partial charge on any atom is -0.506 e. The van der Waals surface area contributed by atoms with Crippen molar-refractivity contribution < 1.29 is 24.2 Å². The predicted molar refractivity (Wildman–Crippen MR) is 240 cm³/mol. The van der Waals surface area contributed by atoms with Crippen LogP contribution in [0.4, 0.5) is 10.5 Å². The molecule has 8 rings (SSSR count). The third-order valence-corrected chi connectivity index (χ3v) is 16.9. The zero-order valence-corrected chi connectivity index (χ0v) is 35.9. The fourth-order valence-corrected chi connectivity index (χ4v) is 9.48. The number of fused-ring (bicyclic) bond motifs is 4. The number of carbonyl (C=O) groups is 1. The Morgan fingerprint density at radius 2 is 1.78 bits per heavy atom. The molecule has 2 bridgehead atoms. The largest absolute Gasteiger partial charge is 0.506 e. The highest BCUT2D eigenvalue weighted by atomic mass is 28.4. The molecule has 310 valence electrons. The topological polar surface area (TPSA) is 127 Å². The first kappa shape index (κ1) is 41.9. The number of hydrogen-bond acceptors (Lipinski definition) is 7. The lowest BCUT2D eigenvalue weighted by Crippen LogP contribution is -2.59. The second-order valence-electron chi connectivity index (χ2n) is 17.5. The summed E-state index contributed by atoms with van der Waals surface area (Å²) in [4.78, 5) is 31.9. The summed E-state index contributed by atoms with van der Waals surface area (Å²) in [7, 11) is -2.21. The number of phenols is 1. The van der Waals surface area contributed by atoms with E-state index in [2.05, 4.69) is 73.4 Å². The van der Waals surface area contributed by atoms with Gasteiger partial charge in [-0.25, -0.2) is 4.79 Å². The Morgan fingerprint density at radius 3 is 2.49 bits per heavy atom. The molecule has 10 nitrogen and oxygen atoms in total. The summed E-state index contributed by atoms with van der Waals surface area (Å²) in [5.41, 5.74) is 5.73. The zero-order chi connectivity index (χ0) is 41.7. The lowest BCUT2D eigenvalue weighted by Gasteiger charge is -2.48. The van der Waals surface area contributed by atoms with Crippen LogP contribution in [0, 0.1) is 5.92 Å². The lowest BCUT2D eigenvalue weighted by molar-refractivity contribution is 0.0838. The number of rotatable bonds is 15. The van der Waals surface area contributed by atoms with Gasteiger partial charge in [0, 0.05) is 36.7 Å². The Labute approximate surface area is 348 Å². The molecular weight excluding hydrogens is 757 g/mol. The van der Waals surface area contributed by atoms with E-state index in [9.17, 15) is 19.8 Å². The number of aromatic nitrogens is 1. The highest BCUT2D eigenvalue weighted by molar-refractivity contribution is 6.74. The van der Waals surface area contributed by atoms with Gasteiger partial charge in [-0.2, -0.15) is 0 Å². The van der Waals surface area contributed by atoms with E-state index < -0.39 is 14.4 Å². The van der Waals surface area contributed by atoms with Crippen molar-refractivity contribution in [2.45, 2.75) is 76.9 Å². The van der Waals surface area contributed by atoms with Crippen molar-refractivity contribution in [3.63, 3.8) is 0 Å². The first-order valence-electron chi connectivity index (χ1n) is 20.8. The third-order valence-electron chi connectivity index (χ3n) is 12.4. The molecule has 11 heteroatoms. The molecule has 3 fully saturated rings. The van der Waals surface area contributed by atoms with Crippen LogP contribution in [0.5, 0.6) is 11.5 Å². The zero-order valence-electron chi connectivity index (χ0n) is 34.9. The number of nitrogens with one attached hydrogen (secondary N) is 2. The molecule has 5 aromatic rings. The number of benzene rings is 4. The Hall–Kier alpha value is -5.20. The number of nitrogens with zero attached hydrogens (tertiary/aromatic N) is 2. The number of carboxylic acid groups (broad SMARTS) is 1. The number of hydrogen-bond donors (Lipinski definition) is 4. The van der Waals surface area contributed by atoms with E-state index in [-0.39, 0.29) is 28.5 Å². The van der Waals surface area contributed by atoms with Gasteiger partial charge in [0.15, 0.2) is 8.32 Å². The molecule has 0 radical (unpaired) electrons. The summed E-state index contributed by atoms with van der Waals surface area (Å²) < 4.78 is 13.2. The van der Waals surface area contributed by atoms with Gasteiger partial charge in [-0.15, -0.1) is 0 Å². The van der Waals surface area contributed by atoms with Crippen LogP contribution >= 0.6 is 0 Å². The summed E-state index contributed by atoms with van der Waals surface area (Å²) in [6.45, 7) is 15.6. The quantitative estimate of drug-likeness (QED) is 0.0608. The minimum atomic E-state index is -2.21. The van der Waals surface area contributed by atoms with E-state index in [1.165, 1.54) is 6.07 Å². The summed E-state index contributed by atoms with van der Waals surface area (Å²) in [5, 5.41) is 25.5. The maximum Gasteiger partial charge on any atom is 0.412 e. The van der Waals surface area contributed by atoms with E-state index in [0.717, 1.165) is 77.1 Å². The summed E-state index contributed by atoms with van der Waals surface area (Å²) in [6.07, 6.45) is 5.66. The van der Waals surface area contributed by atoms with Crippen LogP contribution < -0.4 is 20.5 Å².